The number of ether oxygens (including phenoxy) is 1. The lowest BCUT2D eigenvalue weighted by Gasteiger charge is -2.22. The molecule has 0 saturated heterocycles. The predicted octanol–water partition coefficient (Wildman–Crippen LogP) is 3.27. The van der Waals surface area contributed by atoms with Gasteiger partial charge in [0.05, 0.1) is 6.10 Å². The van der Waals surface area contributed by atoms with Crippen molar-refractivity contribution in [1.82, 2.24) is 4.98 Å². The molecule has 110 valence electrons. The first-order valence-electron chi connectivity index (χ1n) is 6.74. The lowest BCUT2D eigenvalue weighted by Crippen LogP contribution is -2.15. The van der Waals surface area contributed by atoms with Crippen molar-refractivity contribution in [3.05, 3.63) is 48.2 Å². The van der Waals surface area contributed by atoms with Crippen LogP contribution in [0.1, 0.15) is 19.4 Å². The normalized spacial score (nSPS) is 10.5. The zero-order valence-corrected chi connectivity index (χ0v) is 13.2. The summed E-state index contributed by atoms with van der Waals surface area (Å²) in [5.74, 6) is 1.53. The van der Waals surface area contributed by atoms with Gasteiger partial charge in [0.15, 0.2) is 11.6 Å². The van der Waals surface area contributed by atoms with E-state index in [1.807, 2.05) is 62.2 Å². The van der Waals surface area contributed by atoms with Crippen molar-refractivity contribution in [3.8, 4) is 5.75 Å². The summed E-state index contributed by atoms with van der Waals surface area (Å²) in [5.41, 5.74) is 7.45. The van der Waals surface area contributed by atoms with Gasteiger partial charge in [-0.25, -0.2) is 4.98 Å². The van der Waals surface area contributed by atoms with Crippen LogP contribution in [-0.2, 0) is 0 Å². The average Bonchev–Trinajstić information content (AvgIpc) is 2.46. The van der Waals surface area contributed by atoms with Crippen molar-refractivity contribution in [2.75, 3.05) is 11.9 Å². The quantitative estimate of drug-likeness (QED) is 0.859. The fourth-order valence-corrected chi connectivity index (χ4v) is 2.09. The molecule has 0 atom stereocenters. The third kappa shape index (κ3) is 3.70. The largest absolute Gasteiger partial charge is 0.487 e. The van der Waals surface area contributed by atoms with Crippen LogP contribution in [0.2, 0.25) is 0 Å². The molecule has 5 heteroatoms. The Kier molecular flexibility index (Phi) is 4.75. The molecule has 0 unspecified atom stereocenters. The molecule has 1 aromatic heterocycles. The minimum Gasteiger partial charge on any atom is -0.487 e. The number of aromatic nitrogens is 1. The average molecular weight is 301 g/mol. The van der Waals surface area contributed by atoms with E-state index in [4.69, 9.17) is 22.7 Å². The second kappa shape index (κ2) is 6.54. The molecule has 4 nitrogen and oxygen atoms in total. The van der Waals surface area contributed by atoms with Crippen molar-refractivity contribution in [2.24, 2.45) is 5.73 Å². The summed E-state index contributed by atoms with van der Waals surface area (Å²) in [5, 5.41) is 0. The monoisotopic (exact) mass is 301 g/mol. The highest BCUT2D eigenvalue weighted by Crippen LogP contribution is 2.30. The van der Waals surface area contributed by atoms with E-state index in [0.717, 1.165) is 22.8 Å². The number of nitrogens with zero attached hydrogens (tertiary/aromatic N) is 2. The van der Waals surface area contributed by atoms with Crippen LogP contribution in [0.4, 0.5) is 11.5 Å². The molecule has 0 fully saturated rings. The van der Waals surface area contributed by atoms with Gasteiger partial charge in [-0.2, -0.15) is 0 Å². The van der Waals surface area contributed by atoms with E-state index in [1.165, 1.54) is 0 Å². The molecule has 1 heterocycles. The first-order chi connectivity index (χ1) is 9.99. The molecule has 0 spiro atoms. The highest BCUT2D eigenvalue weighted by atomic mass is 32.1. The van der Waals surface area contributed by atoms with E-state index >= 15 is 0 Å². The van der Waals surface area contributed by atoms with Crippen molar-refractivity contribution < 1.29 is 4.74 Å². The fourth-order valence-electron chi connectivity index (χ4n) is 1.95. The Morgan fingerprint density at radius 2 is 1.90 bits per heavy atom. The Balaban J connectivity index is 2.31. The summed E-state index contributed by atoms with van der Waals surface area (Å²) in [7, 11) is 1.95. The number of hydrogen-bond donors (Lipinski definition) is 1. The Bertz CT molecular complexity index is 626. The van der Waals surface area contributed by atoms with Crippen molar-refractivity contribution in [2.45, 2.75) is 20.0 Å². The number of rotatable bonds is 5. The lowest BCUT2D eigenvalue weighted by atomic mass is 10.2. The number of nitrogens with two attached hydrogens (primary N) is 1. The van der Waals surface area contributed by atoms with Crippen LogP contribution in [0.5, 0.6) is 5.75 Å². The molecule has 0 amide bonds. The molecule has 0 bridgehead atoms. The molecule has 0 aliphatic rings. The smallest absolute Gasteiger partial charge is 0.175 e. The summed E-state index contributed by atoms with van der Waals surface area (Å²) < 4.78 is 5.80. The molecule has 0 saturated carbocycles. The van der Waals surface area contributed by atoms with Crippen LogP contribution in [0.15, 0.2) is 42.6 Å². The van der Waals surface area contributed by atoms with Crippen molar-refractivity contribution >= 4 is 28.7 Å². The number of hydrogen-bond acceptors (Lipinski definition) is 4. The minimum absolute atomic E-state index is 0.0957. The van der Waals surface area contributed by atoms with Gasteiger partial charge in [-0.05, 0) is 50.2 Å². The molecule has 2 rings (SSSR count). The zero-order chi connectivity index (χ0) is 15.4. The summed E-state index contributed by atoms with van der Waals surface area (Å²) in [6, 6.07) is 11.5. The van der Waals surface area contributed by atoms with Crippen LogP contribution >= 0.6 is 12.2 Å². The highest BCUT2D eigenvalue weighted by Gasteiger charge is 2.13. The number of benzene rings is 1. The van der Waals surface area contributed by atoms with E-state index in [9.17, 15) is 0 Å². The molecule has 0 aliphatic heterocycles. The topological polar surface area (TPSA) is 51.4 Å². The van der Waals surface area contributed by atoms with Gasteiger partial charge in [0.2, 0.25) is 0 Å². The van der Waals surface area contributed by atoms with Crippen LogP contribution in [0.3, 0.4) is 0 Å². The molecular formula is C16H19N3OS. The Hall–Kier alpha value is -2.14. The fraction of sp³-hybridized carbons (Fsp3) is 0.250. The zero-order valence-electron chi connectivity index (χ0n) is 12.4. The second-order valence-corrected chi connectivity index (χ2v) is 5.40. The summed E-state index contributed by atoms with van der Waals surface area (Å²) in [4.78, 5) is 6.78. The maximum Gasteiger partial charge on any atom is 0.175 e. The molecule has 21 heavy (non-hydrogen) atoms. The molecular weight excluding hydrogens is 282 g/mol. The van der Waals surface area contributed by atoms with Gasteiger partial charge in [-0.15, -0.1) is 0 Å². The minimum atomic E-state index is 0.0957. The van der Waals surface area contributed by atoms with Gasteiger partial charge >= 0.3 is 0 Å². The van der Waals surface area contributed by atoms with E-state index in [-0.39, 0.29) is 6.10 Å². The second-order valence-electron chi connectivity index (χ2n) is 4.96. The Morgan fingerprint density at radius 3 is 2.48 bits per heavy atom. The standard InChI is InChI=1S/C16H19N3OS/c1-11(2)20-14-5-4-10-18-16(14)19(3)13-8-6-12(7-9-13)15(17)21/h4-11H,1-3H3,(H2,17,21). The summed E-state index contributed by atoms with van der Waals surface area (Å²) >= 11 is 4.96. The Labute approximate surface area is 130 Å². The first-order valence-corrected chi connectivity index (χ1v) is 7.15. The number of anilines is 2. The van der Waals surface area contributed by atoms with Crippen molar-refractivity contribution in [1.29, 1.82) is 0 Å². The van der Waals surface area contributed by atoms with Gasteiger partial charge in [0.1, 0.15) is 4.99 Å². The number of thiocarbonyl (C=S) groups is 1. The lowest BCUT2D eigenvalue weighted by molar-refractivity contribution is 0.242. The Morgan fingerprint density at radius 1 is 1.24 bits per heavy atom. The molecule has 2 N–H and O–H groups in total. The van der Waals surface area contributed by atoms with E-state index < -0.39 is 0 Å². The maximum atomic E-state index is 5.80. The van der Waals surface area contributed by atoms with E-state index in [1.54, 1.807) is 6.20 Å². The molecule has 1 aromatic carbocycles. The third-order valence-electron chi connectivity index (χ3n) is 2.97. The van der Waals surface area contributed by atoms with Gasteiger partial charge < -0.3 is 15.4 Å². The predicted molar refractivity (Wildman–Crippen MR) is 90.4 cm³/mol. The van der Waals surface area contributed by atoms with E-state index in [0.29, 0.717) is 4.99 Å². The van der Waals surface area contributed by atoms with Crippen LogP contribution in [0.25, 0.3) is 0 Å². The summed E-state index contributed by atoms with van der Waals surface area (Å²) in [6.07, 6.45) is 1.85. The number of pyridine rings is 1. The van der Waals surface area contributed by atoms with Crippen LogP contribution in [-0.4, -0.2) is 23.1 Å². The SMILES string of the molecule is CC(C)Oc1cccnc1N(C)c1ccc(C(N)=S)cc1. The first kappa shape index (κ1) is 15.3. The van der Waals surface area contributed by atoms with Crippen molar-refractivity contribution in [3.63, 3.8) is 0 Å². The van der Waals surface area contributed by atoms with Gasteiger partial charge in [-0.3, -0.25) is 0 Å². The highest BCUT2D eigenvalue weighted by molar-refractivity contribution is 7.80. The van der Waals surface area contributed by atoms with Crippen LogP contribution in [0, 0.1) is 0 Å². The van der Waals surface area contributed by atoms with Gasteiger partial charge in [0, 0.05) is 24.5 Å². The molecule has 0 aliphatic carbocycles. The molecule has 0 radical (unpaired) electrons. The maximum absolute atomic E-state index is 5.80. The summed E-state index contributed by atoms with van der Waals surface area (Å²) in [6.45, 7) is 3.99. The van der Waals surface area contributed by atoms with Crippen LogP contribution < -0.4 is 15.4 Å². The van der Waals surface area contributed by atoms with Gasteiger partial charge in [-0.1, -0.05) is 12.2 Å². The third-order valence-corrected chi connectivity index (χ3v) is 3.21. The van der Waals surface area contributed by atoms with Gasteiger partial charge in [0.25, 0.3) is 0 Å². The van der Waals surface area contributed by atoms with E-state index in [2.05, 4.69) is 4.98 Å². The molecule has 2 aromatic rings.